The van der Waals surface area contributed by atoms with Gasteiger partial charge in [-0.25, -0.2) is 0 Å². The van der Waals surface area contributed by atoms with Crippen LogP contribution in [-0.2, 0) is 4.79 Å². The number of anilines is 1. The summed E-state index contributed by atoms with van der Waals surface area (Å²) in [4.78, 5) is 57.3. The van der Waals surface area contributed by atoms with Crippen molar-refractivity contribution >= 4 is 35.1 Å². The van der Waals surface area contributed by atoms with E-state index in [-0.39, 0.29) is 17.3 Å². The maximum atomic E-state index is 14.7. The average molecular weight is 540 g/mol. The van der Waals surface area contributed by atoms with Crippen molar-refractivity contribution in [3.63, 3.8) is 0 Å². The van der Waals surface area contributed by atoms with Crippen LogP contribution in [0.5, 0.6) is 5.75 Å². The Labute approximate surface area is 236 Å². The van der Waals surface area contributed by atoms with Crippen molar-refractivity contribution < 1.29 is 23.9 Å². The van der Waals surface area contributed by atoms with Gasteiger partial charge in [0.05, 0.1) is 6.04 Å². The van der Waals surface area contributed by atoms with Crippen LogP contribution in [0.3, 0.4) is 0 Å². The minimum atomic E-state index is -1.53. The third-order valence-electron chi connectivity index (χ3n) is 8.54. The molecule has 1 fully saturated rings. The van der Waals surface area contributed by atoms with Crippen molar-refractivity contribution in [2.75, 3.05) is 4.90 Å². The Kier molecular flexibility index (Phi) is 5.61. The fraction of sp³-hybridized carbons (Fsp3) is 0.143. The van der Waals surface area contributed by atoms with Crippen molar-refractivity contribution in [1.29, 1.82) is 0 Å². The number of hydrogen-bond acceptors (Lipinski definition) is 6. The number of Topliss-reactive ketones (excluding diaryl/α,β-unsaturated/α-hetero) is 3. The molecule has 0 bridgehead atoms. The van der Waals surface area contributed by atoms with Crippen LogP contribution in [0, 0.1) is 5.41 Å². The van der Waals surface area contributed by atoms with Crippen LogP contribution in [0.15, 0.2) is 109 Å². The third kappa shape index (κ3) is 3.50. The molecule has 1 aliphatic carbocycles. The molecule has 3 atom stereocenters. The Morgan fingerprint density at radius 1 is 0.756 bits per heavy atom. The molecule has 2 aliphatic heterocycles. The van der Waals surface area contributed by atoms with Crippen molar-refractivity contribution in [2.45, 2.75) is 24.9 Å². The zero-order valence-electron chi connectivity index (χ0n) is 22.2. The maximum Gasteiger partial charge on any atom is 0.308 e. The van der Waals surface area contributed by atoms with Gasteiger partial charge in [-0.1, -0.05) is 84.9 Å². The predicted molar refractivity (Wildman–Crippen MR) is 154 cm³/mol. The minimum Gasteiger partial charge on any atom is -0.427 e. The molecule has 6 heteroatoms. The summed E-state index contributed by atoms with van der Waals surface area (Å²) in [6.07, 6.45) is 3.86. The lowest BCUT2D eigenvalue weighted by Gasteiger charge is -2.37. The van der Waals surface area contributed by atoms with Crippen LogP contribution in [-0.4, -0.2) is 35.4 Å². The maximum absolute atomic E-state index is 14.7. The van der Waals surface area contributed by atoms with E-state index in [1.54, 1.807) is 48.5 Å². The van der Waals surface area contributed by atoms with Gasteiger partial charge in [-0.2, -0.15) is 0 Å². The quantitative estimate of drug-likeness (QED) is 0.138. The number of fused-ring (bicyclic) bond motifs is 5. The molecule has 7 rings (SSSR count). The molecule has 0 aromatic heterocycles. The number of carbonyl (C=O) groups excluding carboxylic acids is 4. The number of rotatable bonds is 4. The first-order chi connectivity index (χ1) is 19.9. The molecule has 0 saturated carbocycles. The predicted octanol–water partition coefficient (Wildman–Crippen LogP) is 5.93. The zero-order valence-corrected chi connectivity index (χ0v) is 22.2. The first kappa shape index (κ1) is 24.9. The van der Waals surface area contributed by atoms with E-state index in [2.05, 4.69) is 0 Å². The molecule has 4 aromatic carbocycles. The SMILES string of the molecule is CC(=O)Oc1ccc(C(=O)[C@H]2[C@@H](c3ccccc3)C3(C(=O)c4ccccc4C3=O)[C@H]3C=Cc4ccccc4N23)cc1. The molecule has 1 spiro atoms. The van der Waals surface area contributed by atoms with Gasteiger partial charge in [-0.3, -0.25) is 19.2 Å². The molecule has 0 amide bonds. The molecule has 41 heavy (non-hydrogen) atoms. The second kappa shape index (κ2) is 9.24. The Bertz CT molecular complexity index is 1740. The lowest BCUT2D eigenvalue weighted by Crippen LogP contribution is -2.48. The number of para-hydroxylation sites is 1. The number of hydrogen-bond donors (Lipinski definition) is 0. The summed E-state index contributed by atoms with van der Waals surface area (Å²) in [6.45, 7) is 1.32. The van der Waals surface area contributed by atoms with Gasteiger partial charge in [0.1, 0.15) is 17.2 Å². The second-order valence-electron chi connectivity index (χ2n) is 10.7. The van der Waals surface area contributed by atoms with E-state index in [1.807, 2.05) is 71.6 Å². The monoisotopic (exact) mass is 539 g/mol. The van der Waals surface area contributed by atoms with Crippen molar-refractivity contribution in [3.05, 3.63) is 137 Å². The van der Waals surface area contributed by atoms with Gasteiger partial charge >= 0.3 is 5.97 Å². The van der Waals surface area contributed by atoms with Crippen LogP contribution in [0.1, 0.15) is 55.0 Å². The lowest BCUT2D eigenvalue weighted by atomic mass is 9.64. The molecule has 0 radical (unpaired) electrons. The molecule has 4 aromatic rings. The number of nitrogens with zero attached hydrogens (tertiary/aromatic N) is 1. The summed E-state index contributed by atoms with van der Waals surface area (Å²) in [5.74, 6) is -1.63. The average Bonchev–Trinajstić information content (AvgIpc) is 3.43. The van der Waals surface area contributed by atoms with E-state index in [1.165, 1.54) is 6.92 Å². The molecule has 2 heterocycles. The Balaban J connectivity index is 1.48. The van der Waals surface area contributed by atoms with Gasteiger partial charge in [-0.15, -0.1) is 0 Å². The van der Waals surface area contributed by atoms with E-state index in [9.17, 15) is 19.2 Å². The van der Waals surface area contributed by atoms with E-state index in [0.29, 0.717) is 22.4 Å². The highest BCUT2D eigenvalue weighted by molar-refractivity contribution is 6.32. The molecule has 6 nitrogen and oxygen atoms in total. The van der Waals surface area contributed by atoms with Crippen LogP contribution < -0.4 is 9.64 Å². The largest absolute Gasteiger partial charge is 0.427 e. The number of benzene rings is 4. The lowest BCUT2D eigenvalue weighted by molar-refractivity contribution is -0.131. The summed E-state index contributed by atoms with van der Waals surface area (Å²) in [5, 5.41) is 0. The van der Waals surface area contributed by atoms with Gasteiger partial charge < -0.3 is 9.64 Å². The summed E-state index contributed by atoms with van der Waals surface area (Å²) in [6, 6.07) is 29.0. The first-order valence-corrected chi connectivity index (χ1v) is 13.5. The van der Waals surface area contributed by atoms with Crippen molar-refractivity contribution in [3.8, 4) is 5.75 Å². The Morgan fingerprint density at radius 2 is 1.37 bits per heavy atom. The number of ether oxygens (including phenoxy) is 1. The zero-order chi connectivity index (χ0) is 28.3. The minimum absolute atomic E-state index is 0.225. The molecule has 1 saturated heterocycles. The van der Waals surface area contributed by atoms with Gasteiger partial charge in [-0.05, 0) is 41.5 Å². The van der Waals surface area contributed by atoms with Crippen LogP contribution in [0.4, 0.5) is 5.69 Å². The molecular weight excluding hydrogens is 514 g/mol. The van der Waals surface area contributed by atoms with Crippen LogP contribution in [0.2, 0.25) is 0 Å². The van der Waals surface area contributed by atoms with Gasteiger partial charge in [0, 0.05) is 35.2 Å². The molecule has 0 N–H and O–H groups in total. The highest BCUT2D eigenvalue weighted by atomic mass is 16.5. The highest BCUT2D eigenvalue weighted by Crippen LogP contribution is 2.60. The van der Waals surface area contributed by atoms with E-state index in [4.69, 9.17) is 4.74 Å². The first-order valence-electron chi connectivity index (χ1n) is 13.5. The second-order valence-corrected chi connectivity index (χ2v) is 10.7. The summed E-state index contributed by atoms with van der Waals surface area (Å²) in [7, 11) is 0. The van der Waals surface area contributed by atoms with Gasteiger partial charge in [0.2, 0.25) is 0 Å². The Hall–Kier alpha value is -5.10. The standard InChI is InChI=1S/C35H25NO5/c1-21(37)41-25-18-15-24(16-19-25)32(38)31-30(23-10-3-2-4-11-23)35(33(39)26-12-6-7-13-27(26)34(35)40)29-20-17-22-9-5-8-14-28(22)36(29)31/h2-20,29-31H,1H3/t29-,30-,31-/m1/s1. The molecule has 0 unspecified atom stereocenters. The molecule has 200 valence electrons. The number of esters is 1. The highest BCUT2D eigenvalue weighted by Gasteiger charge is 2.71. The summed E-state index contributed by atoms with van der Waals surface area (Å²) in [5.41, 5.74) is 2.10. The van der Waals surface area contributed by atoms with Crippen molar-refractivity contribution in [1.82, 2.24) is 0 Å². The van der Waals surface area contributed by atoms with E-state index < -0.39 is 29.4 Å². The summed E-state index contributed by atoms with van der Waals surface area (Å²) < 4.78 is 5.18. The fourth-order valence-electron chi connectivity index (χ4n) is 6.97. The third-order valence-corrected chi connectivity index (χ3v) is 8.54. The van der Waals surface area contributed by atoms with E-state index >= 15 is 0 Å². The topological polar surface area (TPSA) is 80.8 Å². The fourth-order valence-corrected chi connectivity index (χ4v) is 6.97. The van der Waals surface area contributed by atoms with Crippen molar-refractivity contribution in [2.24, 2.45) is 5.41 Å². The van der Waals surface area contributed by atoms with Gasteiger partial charge in [0.15, 0.2) is 17.3 Å². The normalized spacial score (nSPS) is 21.4. The van der Waals surface area contributed by atoms with E-state index in [0.717, 1.165) is 16.8 Å². The van der Waals surface area contributed by atoms with Crippen LogP contribution in [0.25, 0.3) is 6.08 Å². The summed E-state index contributed by atoms with van der Waals surface area (Å²) >= 11 is 0. The Morgan fingerprint density at radius 3 is 2.02 bits per heavy atom. The number of carbonyl (C=O) groups is 4. The van der Waals surface area contributed by atoms with Crippen LogP contribution >= 0.6 is 0 Å². The smallest absolute Gasteiger partial charge is 0.308 e. The molecule has 3 aliphatic rings. The van der Waals surface area contributed by atoms with Gasteiger partial charge in [0.25, 0.3) is 0 Å². The number of ketones is 3. The molecular formula is C35H25NO5.